The lowest BCUT2D eigenvalue weighted by Crippen LogP contribution is -2.26. The molecule has 1 aromatic carbocycles. The summed E-state index contributed by atoms with van der Waals surface area (Å²) in [4.78, 5) is 16.4. The molecule has 2 aromatic rings. The second-order valence-electron chi connectivity index (χ2n) is 5.76. The van der Waals surface area contributed by atoms with Crippen molar-refractivity contribution >= 4 is 18.3 Å². The normalized spacial score (nSPS) is 11.7. The molecule has 0 bridgehead atoms. The third kappa shape index (κ3) is 5.05. The minimum absolute atomic E-state index is 0. The molecular weight excluding hydrogens is 310 g/mol. The summed E-state index contributed by atoms with van der Waals surface area (Å²) in [5, 5.41) is 3.00. The van der Waals surface area contributed by atoms with Gasteiger partial charge in [-0.25, -0.2) is 0 Å². The Bertz CT molecular complexity index is 641. The van der Waals surface area contributed by atoms with Crippen LogP contribution in [0.4, 0.5) is 0 Å². The topological polar surface area (TPSA) is 68.0 Å². The standard InChI is InChI=1S/C18H23N3O.ClH/c1-12(2)14-4-6-15(7-5-14)13(3)21-18(22)16-8-9-20-17(10-16)11-19;/h4-10,12-13H,11,19H2,1-3H3,(H,21,22);1H. The molecule has 1 unspecified atom stereocenters. The molecule has 0 radical (unpaired) electrons. The predicted molar refractivity (Wildman–Crippen MR) is 95.8 cm³/mol. The number of hydrogen-bond acceptors (Lipinski definition) is 3. The van der Waals surface area contributed by atoms with E-state index in [0.29, 0.717) is 23.7 Å². The Morgan fingerprint density at radius 1 is 1.13 bits per heavy atom. The quantitative estimate of drug-likeness (QED) is 0.878. The number of hydrogen-bond donors (Lipinski definition) is 2. The van der Waals surface area contributed by atoms with Crippen LogP contribution in [0.2, 0.25) is 0 Å². The number of pyridine rings is 1. The van der Waals surface area contributed by atoms with E-state index in [4.69, 9.17) is 5.73 Å². The summed E-state index contributed by atoms with van der Waals surface area (Å²) in [6.07, 6.45) is 1.61. The maximum atomic E-state index is 12.3. The lowest BCUT2D eigenvalue weighted by atomic mass is 9.99. The monoisotopic (exact) mass is 333 g/mol. The van der Waals surface area contributed by atoms with Gasteiger partial charge in [-0.3, -0.25) is 9.78 Å². The van der Waals surface area contributed by atoms with Crippen molar-refractivity contribution < 1.29 is 4.79 Å². The first-order valence-electron chi connectivity index (χ1n) is 7.57. The Morgan fingerprint density at radius 3 is 2.30 bits per heavy atom. The SMILES string of the molecule is CC(C)c1ccc(C(C)NC(=O)c2ccnc(CN)c2)cc1.Cl. The number of benzene rings is 1. The molecule has 2 rings (SSSR count). The summed E-state index contributed by atoms with van der Waals surface area (Å²) in [6, 6.07) is 11.7. The first-order chi connectivity index (χ1) is 10.5. The van der Waals surface area contributed by atoms with Crippen molar-refractivity contribution in [2.24, 2.45) is 5.73 Å². The van der Waals surface area contributed by atoms with Gasteiger partial charge in [0.25, 0.3) is 5.91 Å². The smallest absolute Gasteiger partial charge is 0.251 e. The van der Waals surface area contributed by atoms with Gasteiger partial charge in [0, 0.05) is 18.3 Å². The summed E-state index contributed by atoms with van der Waals surface area (Å²) in [6.45, 7) is 6.64. The number of amides is 1. The lowest BCUT2D eigenvalue weighted by Gasteiger charge is -2.16. The first-order valence-corrected chi connectivity index (χ1v) is 7.57. The van der Waals surface area contributed by atoms with Crippen LogP contribution in [-0.2, 0) is 6.54 Å². The molecule has 23 heavy (non-hydrogen) atoms. The second-order valence-corrected chi connectivity index (χ2v) is 5.76. The molecule has 1 amide bonds. The third-order valence-electron chi connectivity index (χ3n) is 3.74. The number of halogens is 1. The van der Waals surface area contributed by atoms with Gasteiger partial charge in [0.05, 0.1) is 11.7 Å². The summed E-state index contributed by atoms with van der Waals surface area (Å²) in [7, 11) is 0. The van der Waals surface area contributed by atoms with Gasteiger partial charge in [-0.15, -0.1) is 12.4 Å². The Balaban J connectivity index is 0.00000264. The zero-order valence-corrected chi connectivity index (χ0v) is 14.6. The minimum Gasteiger partial charge on any atom is -0.346 e. The van der Waals surface area contributed by atoms with Crippen molar-refractivity contribution in [1.29, 1.82) is 0 Å². The zero-order valence-electron chi connectivity index (χ0n) is 13.7. The van der Waals surface area contributed by atoms with E-state index in [2.05, 4.69) is 48.4 Å². The van der Waals surface area contributed by atoms with Gasteiger partial charge >= 0.3 is 0 Å². The van der Waals surface area contributed by atoms with Gasteiger partial charge < -0.3 is 11.1 Å². The Kier molecular flexibility index (Phi) is 7.20. The van der Waals surface area contributed by atoms with Gasteiger partial charge in [-0.2, -0.15) is 0 Å². The van der Waals surface area contributed by atoms with Gasteiger partial charge in [-0.05, 0) is 36.1 Å². The highest BCUT2D eigenvalue weighted by Gasteiger charge is 2.12. The van der Waals surface area contributed by atoms with Crippen LogP contribution >= 0.6 is 12.4 Å². The van der Waals surface area contributed by atoms with Crippen molar-refractivity contribution in [3.05, 3.63) is 65.0 Å². The van der Waals surface area contributed by atoms with Crippen molar-refractivity contribution in [3.63, 3.8) is 0 Å². The van der Waals surface area contributed by atoms with Crippen molar-refractivity contribution in [2.75, 3.05) is 0 Å². The fourth-order valence-corrected chi connectivity index (χ4v) is 2.26. The van der Waals surface area contributed by atoms with Crippen molar-refractivity contribution in [1.82, 2.24) is 10.3 Å². The average molecular weight is 334 g/mol. The highest BCUT2D eigenvalue weighted by molar-refractivity contribution is 5.94. The molecule has 0 saturated carbocycles. The molecule has 0 aliphatic carbocycles. The Hall–Kier alpha value is -1.91. The summed E-state index contributed by atoms with van der Waals surface area (Å²) < 4.78 is 0. The van der Waals surface area contributed by atoms with Crippen LogP contribution in [0.3, 0.4) is 0 Å². The third-order valence-corrected chi connectivity index (χ3v) is 3.74. The molecule has 0 fully saturated rings. The zero-order chi connectivity index (χ0) is 16.1. The van der Waals surface area contributed by atoms with Crippen LogP contribution in [0.15, 0.2) is 42.6 Å². The maximum Gasteiger partial charge on any atom is 0.251 e. The fourth-order valence-electron chi connectivity index (χ4n) is 2.26. The maximum absolute atomic E-state index is 12.3. The van der Waals surface area contributed by atoms with E-state index in [1.807, 2.05) is 6.92 Å². The molecule has 0 spiro atoms. The molecular formula is C18H24ClN3O. The summed E-state index contributed by atoms with van der Waals surface area (Å²) in [5.74, 6) is 0.392. The molecule has 0 aliphatic heterocycles. The van der Waals surface area contributed by atoms with Gasteiger partial charge in [0.15, 0.2) is 0 Å². The number of rotatable bonds is 5. The largest absolute Gasteiger partial charge is 0.346 e. The number of nitrogens with one attached hydrogen (secondary N) is 1. The van der Waals surface area contributed by atoms with Crippen molar-refractivity contribution in [2.45, 2.75) is 39.3 Å². The van der Waals surface area contributed by atoms with E-state index in [0.717, 1.165) is 5.56 Å². The van der Waals surface area contributed by atoms with E-state index in [-0.39, 0.29) is 24.4 Å². The molecule has 1 heterocycles. The molecule has 1 aromatic heterocycles. The van der Waals surface area contributed by atoms with Crippen LogP contribution in [0.5, 0.6) is 0 Å². The molecule has 0 aliphatic rings. The van der Waals surface area contributed by atoms with Crippen LogP contribution in [0.1, 0.15) is 59.9 Å². The van der Waals surface area contributed by atoms with Crippen LogP contribution in [0.25, 0.3) is 0 Å². The fraction of sp³-hybridized carbons (Fsp3) is 0.333. The predicted octanol–water partition coefficient (Wildman–Crippen LogP) is 3.58. The van der Waals surface area contributed by atoms with E-state index in [1.165, 1.54) is 5.56 Å². The number of carbonyl (C=O) groups is 1. The highest BCUT2D eigenvalue weighted by Crippen LogP contribution is 2.19. The van der Waals surface area contributed by atoms with E-state index in [9.17, 15) is 4.79 Å². The molecule has 1 atom stereocenters. The molecule has 3 N–H and O–H groups in total. The highest BCUT2D eigenvalue weighted by atomic mass is 35.5. The number of nitrogens with two attached hydrogens (primary N) is 1. The average Bonchev–Trinajstić information content (AvgIpc) is 2.54. The molecule has 0 saturated heterocycles. The molecule has 124 valence electrons. The van der Waals surface area contributed by atoms with Crippen LogP contribution in [0, 0.1) is 0 Å². The molecule has 5 heteroatoms. The first kappa shape index (κ1) is 19.1. The van der Waals surface area contributed by atoms with E-state index < -0.39 is 0 Å². The lowest BCUT2D eigenvalue weighted by molar-refractivity contribution is 0.0939. The number of carbonyl (C=O) groups excluding carboxylic acids is 1. The van der Waals surface area contributed by atoms with Crippen LogP contribution in [-0.4, -0.2) is 10.9 Å². The van der Waals surface area contributed by atoms with Crippen molar-refractivity contribution in [3.8, 4) is 0 Å². The second kappa shape index (κ2) is 8.65. The molecule has 4 nitrogen and oxygen atoms in total. The Labute approximate surface area is 143 Å². The number of aromatic nitrogens is 1. The van der Waals surface area contributed by atoms with Crippen LogP contribution < -0.4 is 11.1 Å². The minimum atomic E-state index is -0.113. The van der Waals surface area contributed by atoms with E-state index >= 15 is 0 Å². The number of nitrogens with zero attached hydrogens (tertiary/aromatic N) is 1. The van der Waals surface area contributed by atoms with E-state index in [1.54, 1.807) is 18.3 Å². The summed E-state index contributed by atoms with van der Waals surface area (Å²) >= 11 is 0. The van der Waals surface area contributed by atoms with Gasteiger partial charge in [-0.1, -0.05) is 38.1 Å². The van der Waals surface area contributed by atoms with Gasteiger partial charge in [0.2, 0.25) is 0 Å². The van der Waals surface area contributed by atoms with Gasteiger partial charge in [0.1, 0.15) is 0 Å². The summed E-state index contributed by atoms with van der Waals surface area (Å²) in [5.41, 5.74) is 9.23. The Morgan fingerprint density at radius 2 is 1.74 bits per heavy atom.